The van der Waals surface area contributed by atoms with Gasteiger partial charge < -0.3 is 5.32 Å². The molecule has 6 heteroatoms. The number of carbonyl (C=O) groups is 1. The Hall–Kier alpha value is -1.66. The second kappa shape index (κ2) is 4.91. The van der Waals surface area contributed by atoms with Crippen molar-refractivity contribution in [2.45, 2.75) is 0 Å². The van der Waals surface area contributed by atoms with Gasteiger partial charge >= 0.3 is 0 Å². The molecule has 0 bridgehead atoms. The maximum absolute atomic E-state index is 11.9. The third-order valence-corrected chi connectivity index (χ3v) is 3.30. The second-order valence-electron chi connectivity index (χ2n) is 4.58. The van der Waals surface area contributed by atoms with Crippen molar-refractivity contribution in [2.75, 3.05) is 32.7 Å². The van der Waals surface area contributed by atoms with Crippen LogP contribution in [0.5, 0.6) is 0 Å². The number of nitrogens with zero attached hydrogens (tertiary/aromatic N) is 4. The lowest BCUT2D eigenvalue weighted by molar-refractivity contribution is -0.120. The number of aromatic nitrogens is 2. The van der Waals surface area contributed by atoms with Crippen molar-refractivity contribution in [2.24, 2.45) is 10.9 Å². The fourth-order valence-corrected chi connectivity index (χ4v) is 2.32. The highest BCUT2D eigenvalue weighted by Gasteiger charge is 2.22. The third-order valence-electron chi connectivity index (χ3n) is 3.30. The van der Waals surface area contributed by atoms with Crippen molar-refractivity contribution in [3.8, 4) is 0 Å². The van der Waals surface area contributed by atoms with Crippen molar-refractivity contribution in [3.05, 3.63) is 23.2 Å². The zero-order valence-electron chi connectivity index (χ0n) is 10.0. The summed E-state index contributed by atoms with van der Waals surface area (Å²) in [4.78, 5) is 26.2. The van der Waals surface area contributed by atoms with Crippen molar-refractivity contribution in [1.29, 1.82) is 0 Å². The summed E-state index contributed by atoms with van der Waals surface area (Å²) in [7, 11) is 0. The van der Waals surface area contributed by atoms with Crippen LogP contribution in [0.2, 0.25) is 0 Å². The van der Waals surface area contributed by atoms with E-state index in [1.54, 1.807) is 6.20 Å². The molecule has 1 atom stereocenters. The number of amides is 1. The fourth-order valence-electron chi connectivity index (χ4n) is 2.32. The van der Waals surface area contributed by atoms with Gasteiger partial charge in [-0.25, -0.2) is 9.97 Å². The maximum atomic E-state index is 11.9. The van der Waals surface area contributed by atoms with Crippen LogP contribution in [0.1, 0.15) is 0 Å². The number of fused-ring (bicyclic) bond motifs is 1. The lowest BCUT2D eigenvalue weighted by Gasteiger charge is -2.29. The smallest absolute Gasteiger partial charge is 0.255 e. The van der Waals surface area contributed by atoms with E-state index < -0.39 is 0 Å². The molecule has 0 radical (unpaired) electrons. The molecule has 0 spiro atoms. The average Bonchev–Trinajstić information content (AvgIpc) is 2.41. The van der Waals surface area contributed by atoms with E-state index in [2.05, 4.69) is 25.2 Å². The Morgan fingerprint density at radius 2 is 2.22 bits per heavy atom. The first-order valence-corrected chi connectivity index (χ1v) is 6.16. The lowest BCUT2D eigenvalue weighted by atomic mass is 10.0. The molecule has 1 aromatic heterocycles. The Morgan fingerprint density at radius 1 is 1.39 bits per heavy atom. The van der Waals surface area contributed by atoms with Gasteiger partial charge in [-0.2, -0.15) is 4.99 Å². The van der Waals surface area contributed by atoms with Crippen molar-refractivity contribution >= 4 is 12.0 Å². The highest BCUT2D eigenvalue weighted by molar-refractivity contribution is 5.86. The van der Waals surface area contributed by atoms with Crippen molar-refractivity contribution in [3.63, 3.8) is 0 Å². The van der Waals surface area contributed by atoms with Crippen molar-refractivity contribution < 1.29 is 4.79 Å². The Kier molecular flexibility index (Phi) is 3.12. The van der Waals surface area contributed by atoms with Gasteiger partial charge in [0.2, 0.25) is 0 Å². The number of piperazine rings is 1. The molecule has 94 valence electrons. The molecule has 0 saturated carbocycles. The summed E-state index contributed by atoms with van der Waals surface area (Å²) in [5, 5.41) is 4.16. The Balaban J connectivity index is 1.81. The van der Waals surface area contributed by atoms with Crippen LogP contribution in [0.3, 0.4) is 0 Å². The molecule has 1 N–H and O–H groups in total. The number of hydrogen-bond donors (Lipinski definition) is 1. The molecule has 1 fully saturated rings. The summed E-state index contributed by atoms with van der Waals surface area (Å²) in [6, 6.07) is 0. The fraction of sp³-hybridized carbons (Fsp3) is 0.500. The number of hydrogen-bond acceptors (Lipinski definition) is 5. The molecule has 1 amide bonds. The molecule has 1 saturated heterocycles. The highest BCUT2D eigenvalue weighted by Crippen LogP contribution is 2.07. The van der Waals surface area contributed by atoms with Gasteiger partial charge in [-0.3, -0.25) is 9.69 Å². The largest absolute Gasteiger partial charge is 0.314 e. The molecule has 0 aromatic carbocycles. The van der Waals surface area contributed by atoms with Gasteiger partial charge in [-0.1, -0.05) is 6.08 Å². The van der Waals surface area contributed by atoms with Gasteiger partial charge in [-0.15, -0.1) is 0 Å². The standard InChI is InChI=1S/C12H15N5O/c18-12-10(7-17-3-1-13-2-4-17)5-9-6-14-8-15-11(9)16-12/h5-6,8,10,13H,1-4,7H2. The molecule has 2 aliphatic rings. The molecule has 3 heterocycles. The zero-order chi connectivity index (χ0) is 12.4. The van der Waals surface area contributed by atoms with Crippen LogP contribution in [0.4, 0.5) is 0 Å². The third kappa shape index (κ3) is 2.30. The van der Waals surface area contributed by atoms with Crippen LogP contribution >= 0.6 is 0 Å². The molecular formula is C12H15N5O. The van der Waals surface area contributed by atoms with Gasteiger partial charge in [0.15, 0.2) is 5.49 Å². The first-order chi connectivity index (χ1) is 8.83. The summed E-state index contributed by atoms with van der Waals surface area (Å²) >= 11 is 0. The summed E-state index contributed by atoms with van der Waals surface area (Å²) < 4.78 is 0. The normalized spacial score (nSPS) is 24.0. The zero-order valence-corrected chi connectivity index (χ0v) is 10.0. The monoisotopic (exact) mass is 245 g/mol. The summed E-state index contributed by atoms with van der Waals surface area (Å²) in [5.41, 5.74) is 0.492. The van der Waals surface area contributed by atoms with Crippen LogP contribution in [-0.2, 0) is 4.79 Å². The highest BCUT2D eigenvalue weighted by atomic mass is 16.1. The minimum absolute atomic E-state index is 0.0975. The maximum Gasteiger partial charge on any atom is 0.255 e. The van der Waals surface area contributed by atoms with Gasteiger partial charge in [0, 0.05) is 44.1 Å². The van der Waals surface area contributed by atoms with E-state index in [0.29, 0.717) is 5.49 Å². The quantitative estimate of drug-likeness (QED) is 0.649. The molecule has 6 nitrogen and oxygen atoms in total. The van der Waals surface area contributed by atoms with E-state index in [0.717, 1.165) is 37.9 Å². The van der Waals surface area contributed by atoms with Crippen molar-refractivity contribution in [1.82, 2.24) is 20.2 Å². The van der Waals surface area contributed by atoms with Crippen LogP contribution < -0.4 is 16.0 Å². The lowest BCUT2D eigenvalue weighted by Crippen LogP contribution is -2.47. The second-order valence-corrected chi connectivity index (χ2v) is 4.58. The molecule has 3 rings (SSSR count). The molecular weight excluding hydrogens is 230 g/mol. The summed E-state index contributed by atoms with van der Waals surface area (Å²) in [6.07, 6.45) is 5.07. The van der Waals surface area contributed by atoms with E-state index in [4.69, 9.17) is 0 Å². The molecule has 2 aliphatic heterocycles. The Labute approximate surface area is 104 Å². The first-order valence-electron chi connectivity index (χ1n) is 6.16. The molecule has 1 aromatic rings. The van der Waals surface area contributed by atoms with E-state index in [-0.39, 0.29) is 11.8 Å². The number of nitrogens with one attached hydrogen (secondary N) is 1. The molecule has 18 heavy (non-hydrogen) atoms. The van der Waals surface area contributed by atoms with E-state index in [1.165, 1.54) is 6.33 Å². The van der Waals surface area contributed by atoms with Crippen LogP contribution in [0, 0.1) is 5.92 Å². The predicted octanol–water partition coefficient (Wildman–Crippen LogP) is -2.06. The number of carbonyl (C=O) groups excluding carboxylic acids is 1. The number of rotatable bonds is 2. The van der Waals surface area contributed by atoms with Crippen LogP contribution in [0.15, 0.2) is 17.5 Å². The van der Waals surface area contributed by atoms with Crippen LogP contribution in [0.25, 0.3) is 6.08 Å². The van der Waals surface area contributed by atoms with Crippen LogP contribution in [-0.4, -0.2) is 53.5 Å². The average molecular weight is 245 g/mol. The Morgan fingerprint density at radius 3 is 3.06 bits per heavy atom. The minimum Gasteiger partial charge on any atom is -0.314 e. The SMILES string of the molecule is O=C1N=c2ncncc2=CC1CN1CCNCC1. The van der Waals surface area contributed by atoms with E-state index >= 15 is 0 Å². The van der Waals surface area contributed by atoms with Gasteiger partial charge in [-0.05, 0) is 0 Å². The summed E-state index contributed by atoms with van der Waals surface area (Å²) in [5.74, 6) is -0.263. The van der Waals surface area contributed by atoms with Gasteiger partial charge in [0.05, 0.1) is 5.92 Å². The van der Waals surface area contributed by atoms with Gasteiger partial charge in [0.25, 0.3) is 5.91 Å². The summed E-state index contributed by atoms with van der Waals surface area (Å²) in [6.45, 7) is 4.67. The van der Waals surface area contributed by atoms with Gasteiger partial charge in [0.1, 0.15) is 6.33 Å². The predicted molar refractivity (Wildman–Crippen MR) is 65.1 cm³/mol. The Bertz CT molecular complexity index is 564. The molecule has 0 aliphatic carbocycles. The molecule has 1 unspecified atom stereocenters. The minimum atomic E-state index is -0.165. The van der Waals surface area contributed by atoms with E-state index in [1.807, 2.05) is 6.08 Å². The topological polar surface area (TPSA) is 70.5 Å². The van der Waals surface area contributed by atoms with E-state index in [9.17, 15) is 4.79 Å². The first kappa shape index (κ1) is 11.4.